The molecule has 5 aliphatic heterocycles. The minimum Gasteiger partial charge on any atom is -0.485 e. The molecule has 0 radical (unpaired) electrons. The molecule has 6 aromatic rings. The number of carbonyl (C=O) groups is 1. The summed E-state index contributed by atoms with van der Waals surface area (Å²) in [6.45, 7) is 6.73. The second-order valence-corrected chi connectivity index (χ2v) is 17.1. The Labute approximate surface area is 369 Å². The first-order chi connectivity index (χ1) is 31.1. The minimum atomic E-state index is -0.471. The predicted octanol–water partition coefficient (Wildman–Crippen LogP) is 4.48. The first-order valence-electron chi connectivity index (χ1n) is 20.9. The van der Waals surface area contributed by atoms with Gasteiger partial charge in [0.15, 0.2) is 40.8 Å². The van der Waals surface area contributed by atoms with Crippen molar-refractivity contribution < 1.29 is 32.9 Å². The van der Waals surface area contributed by atoms with Gasteiger partial charge >= 0.3 is 6.09 Å². The van der Waals surface area contributed by atoms with Crippen molar-refractivity contribution in [3.8, 4) is 28.9 Å². The van der Waals surface area contributed by atoms with Crippen molar-refractivity contribution in [2.75, 3.05) is 69.1 Å². The molecule has 2 fully saturated rings. The van der Waals surface area contributed by atoms with E-state index in [0.29, 0.717) is 72.8 Å². The Morgan fingerprint density at radius 2 is 1.70 bits per heavy atom. The number of anilines is 2. The second kappa shape index (κ2) is 17.5. The summed E-state index contributed by atoms with van der Waals surface area (Å²) in [4.78, 5) is 41.5. The predicted molar refractivity (Wildman–Crippen MR) is 229 cm³/mol. The summed E-state index contributed by atoms with van der Waals surface area (Å²) in [5.74, 6) is 5.24. The van der Waals surface area contributed by atoms with Gasteiger partial charge in [0, 0.05) is 56.6 Å². The van der Waals surface area contributed by atoms with Crippen LogP contribution in [0.2, 0.25) is 0 Å². The maximum absolute atomic E-state index is 12.6. The molecule has 22 heteroatoms. The summed E-state index contributed by atoms with van der Waals surface area (Å²) < 4.78 is 46.5. The first-order valence-corrected chi connectivity index (χ1v) is 22.4. The summed E-state index contributed by atoms with van der Waals surface area (Å²) in [6, 6.07) is 11.8. The summed E-state index contributed by atoms with van der Waals surface area (Å²) in [5, 5.41) is 8.52. The van der Waals surface area contributed by atoms with Crippen molar-refractivity contribution >= 4 is 46.6 Å². The van der Waals surface area contributed by atoms with E-state index >= 15 is 0 Å². The van der Waals surface area contributed by atoms with Crippen molar-refractivity contribution in [2.45, 2.75) is 50.0 Å². The largest absolute Gasteiger partial charge is 0.485 e. The normalized spacial score (nSPS) is 21.6. The van der Waals surface area contributed by atoms with Gasteiger partial charge in [-0.05, 0) is 72.9 Å². The maximum atomic E-state index is 12.6. The number of aliphatic imine (C=N–C) groups is 1. The quantitative estimate of drug-likeness (QED) is 0.129. The van der Waals surface area contributed by atoms with E-state index in [1.807, 2.05) is 41.6 Å². The van der Waals surface area contributed by atoms with Crippen molar-refractivity contribution in [1.82, 2.24) is 48.8 Å². The van der Waals surface area contributed by atoms with Crippen LogP contribution in [0.25, 0.3) is 5.95 Å². The monoisotopic (exact) mass is 893 g/mol. The van der Waals surface area contributed by atoms with Crippen LogP contribution in [0.5, 0.6) is 23.0 Å². The molecule has 20 nitrogen and oxygen atoms in total. The zero-order valence-corrected chi connectivity index (χ0v) is 35.6. The number of carbonyl (C=O) groups excluding carboxylic acids is 1. The van der Waals surface area contributed by atoms with E-state index < -0.39 is 12.2 Å². The SMILES string of the molecule is O=C1OCC(CCNCc2ccc3c(c2)OC(c2cnc(C4CCN(CCNCc5ccc6c(c5)OCO6)C4c4nc(N5C=NCC5)ns4)o2)CO3)N1c1nc(-n2ccnc2)ns1. The molecule has 2 saturated heterocycles. The van der Waals surface area contributed by atoms with Crippen LogP contribution in [0.3, 0.4) is 0 Å². The Kier molecular flexibility index (Phi) is 11.0. The lowest BCUT2D eigenvalue weighted by Crippen LogP contribution is -2.35. The number of imidazole rings is 1. The van der Waals surface area contributed by atoms with Gasteiger partial charge in [-0.25, -0.2) is 24.6 Å². The summed E-state index contributed by atoms with van der Waals surface area (Å²) >= 11 is 2.58. The van der Waals surface area contributed by atoms with E-state index in [9.17, 15) is 4.79 Å². The molecule has 0 saturated carbocycles. The van der Waals surface area contributed by atoms with Crippen molar-refractivity contribution in [1.29, 1.82) is 0 Å². The van der Waals surface area contributed by atoms with Gasteiger partial charge in [-0.2, -0.15) is 13.7 Å². The number of ether oxygens (including phenoxy) is 5. The van der Waals surface area contributed by atoms with E-state index in [4.69, 9.17) is 42.4 Å². The number of amides is 1. The maximum Gasteiger partial charge on any atom is 0.416 e. The molecule has 4 atom stereocenters. The lowest BCUT2D eigenvalue weighted by Gasteiger charge is -2.26. The molecule has 0 aliphatic carbocycles. The zero-order chi connectivity index (χ0) is 42.1. The van der Waals surface area contributed by atoms with Crippen LogP contribution >= 0.6 is 23.1 Å². The van der Waals surface area contributed by atoms with E-state index in [1.165, 1.54) is 11.5 Å². The van der Waals surface area contributed by atoms with Crippen LogP contribution in [0.15, 0.2) is 70.7 Å². The Morgan fingerprint density at radius 1 is 0.857 bits per heavy atom. The Balaban J connectivity index is 0.717. The number of cyclic esters (lactones) is 1. The zero-order valence-electron chi connectivity index (χ0n) is 33.9. The average Bonchev–Trinajstić information content (AvgIpc) is 4.14. The number of hydrogen-bond donors (Lipinski definition) is 2. The standard InChI is InChI=1S/C41H43N13O7S2/c55-41-54(40-48-39(50-63-40)53-14-10-45-23-53)27(20-57-41)5-7-42-17-26-2-4-30-32(16-26)60-34(21-56-30)33-19-46-36(61-33)28-6-11-51(35(28)37-47-38(49-62-37)52-13-9-44-22-52)12-8-43-18-25-1-3-29-31(15-25)59-24-58-29/h1-4,10,14-16,19,22-23,27-28,34-35,42-43H,5-9,11-13,17-18,20-21,24H2. The van der Waals surface area contributed by atoms with Crippen molar-refractivity contribution in [3.05, 3.63) is 89.1 Å². The number of aromatic nitrogens is 7. The number of likely N-dealkylation sites (tertiary alicyclic amines) is 1. The van der Waals surface area contributed by atoms with Gasteiger partial charge in [-0.15, -0.1) is 0 Å². The third-order valence-electron chi connectivity index (χ3n) is 11.6. The number of nitrogens with zero attached hydrogens (tertiary/aromatic N) is 11. The molecular weight excluding hydrogens is 851 g/mol. The molecule has 11 rings (SSSR count). The Hall–Kier alpha value is -6.20. The molecule has 9 heterocycles. The fraction of sp³-hybridized carbons (Fsp3) is 0.415. The molecule has 1 amide bonds. The fourth-order valence-electron chi connectivity index (χ4n) is 8.38. The molecule has 0 spiro atoms. The van der Waals surface area contributed by atoms with Gasteiger partial charge in [0.1, 0.15) is 24.5 Å². The lowest BCUT2D eigenvalue weighted by molar-refractivity contribution is 0.0734. The number of rotatable bonds is 16. The topological polar surface area (TPSA) is 205 Å². The van der Waals surface area contributed by atoms with Gasteiger partial charge < -0.3 is 38.7 Å². The highest BCUT2D eigenvalue weighted by atomic mass is 32.1. The van der Waals surface area contributed by atoms with Gasteiger partial charge in [0.2, 0.25) is 23.8 Å². The van der Waals surface area contributed by atoms with Crippen molar-refractivity contribution in [2.24, 2.45) is 4.99 Å². The molecule has 5 aliphatic rings. The van der Waals surface area contributed by atoms with E-state index in [1.54, 1.807) is 34.4 Å². The highest BCUT2D eigenvalue weighted by Gasteiger charge is 2.42. The van der Waals surface area contributed by atoms with E-state index in [0.717, 1.165) is 78.3 Å². The van der Waals surface area contributed by atoms with Gasteiger partial charge in [0.05, 0.1) is 37.1 Å². The third kappa shape index (κ3) is 8.26. The lowest BCUT2D eigenvalue weighted by atomic mass is 10.0. The number of benzene rings is 2. The highest BCUT2D eigenvalue weighted by molar-refractivity contribution is 7.10. The van der Waals surface area contributed by atoms with Crippen LogP contribution in [0.4, 0.5) is 15.9 Å². The van der Waals surface area contributed by atoms with E-state index in [-0.39, 0.29) is 31.4 Å². The molecule has 2 N–H and O–H groups in total. The number of fused-ring (bicyclic) bond motifs is 2. The fourth-order valence-corrected chi connectivity index (χ4v) is 9.98. The van der Waals surface area contributed by atoms with Crippen LogP contribution in [-0.2, 0) is 17.8 Å². The van der Waals surface area contributed by atoms with Crippen LogP contribution in [0.1, 0.15) is 58.7 Å². The molecule has 4 aromatic heterocycles. The molecule has 2 aromatic carbocycles. The molecule has 0 bridgehead atoms. The summed E-state index contributed by atoms with van der Waals surface area (Å²) in [5.41, 5.74) is 2.16. The van der Waals surface area contributed by atoms with Crippen LogP contribution < -0.4 is 39.4 Å². The first kappa shape index (κ1) is 39.6. The Morgan fingerprint density at radius 3 is 2.56 bits per heavy atom. The van der Waals surface area contributed by atoms with Gasteiger partial charge in [0.25, 0.3) is 0 Å². The Bertz CT molecular complexity index is 2580. The molecule has 63 heavy (non-hydrogen) atoms. The average molecular weight is 894 g/mol. The minimum absolute atomic E-state index is 0.0332. The third-order valence-corrected chi connectivity index (χ3v) is 13.1. The summed E-state index contributed by atoms with van der Waals surface area (Å²) in [7, 11) is 0. The van der Waals surface area contributed by atoms with Crippen LogP contribution in [-0.4, -0.2) is 116 Å². The number of hydrogen-bond acceptors (Lipinski definition) is 20. The van der Waals surface area contributed by atoms with Gasteiger partial charge in [-0.1, -0.05) is 12.1 Å². The smallest absolute Gasteiger partial charge is 0.416 e. The van der Waals surface area contributed by atoms with Crippen LogP contribution in [0, 0.1) is 0 Å². The molecule has 4 unspecified atom stereocenters. The van der Waals surface area contributed by atoms with E-state index in [2.05, 4.69) is 40.9 Å². The molecular formula is C41H43N13O7S2. The number of nitrogens with one attached hydrogen (secondary N) is 2. The summed E-state index contributed by atoms with van der Waals surface area (Å²) in [6.07, 6.45) is 9.23. The highest BCUT2D eigenvalue weighted by Crippen LogP contribution is 2.45. The molecule has 326 valence electrons. The second-order valence-electron chi connectivity index (χ2n) is 15.6. The number of oxazole rings is 1. The van der Waals surface area contributed by atoms with Gasteiger partial charge in [-0.3, -0.25) is 19.4 Å². The van der Waals surface area contributed by atoms with Crippen molar-refractivity contribution in [3.63, 3.8) is 0 Å².